The van der Waals surface area contributed by atoms with Crippen molar-refractivity contribution in [2.45, 2.75) is 187 Å². The number of rotatable bonds is 31. The summed E-state index contributed by atoms with van der Waals surface area (Å²) in [6.45, 7) is 5.13. The number of carbonyl (C=O) groups excluding carboxylic acids is 1. The van der Waals surface area contributed by atoms with Crippen LogP contribution in [0.4, 0.5) is 0 Å². The first kappa shape index (κ1) is 37.7. The Hall–Kier alpha value is -1.31. The second-order valence-corrected chi connectivity index (χ2v) is 11.6. The van der Waals surface area contributed by atoms with Crippen molar-refractivity contribution in [3.63, 3.8) is 0 Å². The van der Waals surface area contributed by atoms with Gasteiger partial charge in [0, 0.05) is 6.42 Å². The summed E-state index contributed by atoms with van der Waals surface area (Å²) in [5.74, 6) is 0.00459. The Balaban J connectivity index is 3.24. The van der Waals surface area contributed by atoms with Crippen molar-refractivity contribution in [3.05, 3.63) is 36.5 Å². The molecule has 0 amide bonds. The summed E-state index contributed by atoms with van der Waals surface area (Å²) in [6.07, 6.45) is 47.7. The van der Waals surface area contributed by atoms with Gasteiger partial charge in [-0.3, -0.25) is 4.79 Å². The van der Waals surface area contributed by atoms with E-state index in [-0.39, 0.29) is 5.97 Å². The number of hydrogen-bond acceptors (Lipinski definition) is 2. The molecule has 39 heavy (non-hydrogen) atoms. The van der Waals surface area contributed by atoms with E-state index in [9.17, 15) is 4.79 Å². The van der Waals surface area contributed by atoms with Gasteiger partial charge in [0.25, 0.3) is 0 Å². The van der Waals surface area contributed by atoms with Gasteiger partial charge in [-0.2, -0.15) is 0 Å². The maximum atomic E-state index is 11.9. The van der Waals surface area contributed by atoms with Crippen LogP contribution in [-0.4, -0.2) is 12.6 Å². The molecule has 0 saturated heterocycles. The molecule has 0 aromatic heterocycles. The van der Waals surface area contributed by atoms with Crippen LogP contribution in [0.5, 0.6) is 0 Å². The van der Waals surface area contributed by atoms with Gasteiger partial charge in [0.1, 0.15) is 0 Å². The van der Waals surface area contributed by atoms with E-state index in [0.29, 0.717) is 13.0 Å². The van der Waals surface area contributed by atoms with E-state index in [1.807, 2.05) is 0 Å². The van der Waals surface area contributed by atoms with E-state index >= 15 is 0 Å². The van der Waals surface area contributed by atoms with Crippen LogP contribution in [0.3, 0.4) is 0 Å². The number of ether oxygens (including phenoxy) is 1. The Morgan fingerprint density at radius 3 is 1.31 bits per heavy atom. The SMILES string of the molecule is CCCCC=CC=CC=CCCCCCCCC(=O)OCCCCCCCCCCCCCCCCCCC. The van der Waals surface area contributed by atoms with E-state index in [0.717, 1.165) is 25.7 Å². The minimum absolute atomic E-state index is 0.00459. The molecule has 0 atom stereocenters. The quantitative estimate of drug-likeness (QED) is 0.0493. The van der Waals surface area contributed by atoms with E-state index in [2.05, 4.69) is 50.3 Å². The van der Waals surface area contributed by atoms with E-state index in [1.54, 1.807) is 0 Å². The van der Waals surface area contributed by atoms with Crippen molar-refractivity contribution in [2.75, 3.05) is 6.61 Å². The van der Waals surface area contributed by atoms with Crippen molar-refractivity contribution in [1.82, 2.24) is 0 Å². The van der Waals surface area contributed by atoms with Crippen molar-refractivity contribution in [1.29, 1.82) is 0 Å². The molecule has 0 aromatic rings. The molecule has 0 aliphatic carbocycles. The Labute approximate surface area is 245 Å². The second kappa shape index (κ2) is 34.7. The Bertz CT molecular complexity index is 560. The third kappa shape index (κ3) is 34.7. The number of esters is 1. The highest BCUT2D eigenvalue weighted by molar-refractivity contribution is 5.69. The van der Waals surface area contributed by atoms with Crippen LogP contribution in [0.15, 0.2) is 36.5 Å². The summed E-state index contributed by atoms with van der Waals surface area (Å²) in [5, 5.41) is 0. The standard InChI is InChI=1S/C37H68O2/c1-3-5-7-9-11-13-15-17-19-20-22-24-26-28-30-32-34-36-39-37(38)35-33-31-29-27-25-23-21-18-16-14-12-10-8-6-4-2/h10,12,14,16,18,21H,3-9,11,13,15,17,19-20,22-36H2,1-2H3. The molecule has 0 unspecified atom stereocenters. The summed E-state index contributed by atoms with van der Waals surface area (Å²) >= 11 is 0. The van der Waals surface area contributed by atoms with Crippen molar-refractivity contribution >= 4 is 5.97 Å². The van der Waals surface area contributed by atoms with Gasteiger partial charge in [0.15, 0.2) is 0 Å². The summed E-state index contributed by atoms with van der Waals surface area (Å²) in [7, 11) is 0. The maximum absolute atomic E-state index is 11.9. The normalized spacial score (nSPS) is 11.9. The Kier molecular flexibility index (Phi) is 33.6. The number of hydrogen-bond donors (Lipinski definition) is 0. The third-order valence-corrected chi connectivity index (χ3v) is 7.59. The molecule has 0 rings (SSSR count). The van der Waals surface area contributed by atoms with Crippen molar-refractivity contribution < 1.29 is 9.53 Å². The molecule has 0 N–H and O–H groups in total. The molecule has 0 aliphatic rings. The summed E-state index contributed by atoms with van der Waals surface area (Å²) < 4.78 is 5.43. The molecule has 0 radical (unpaired) electrons. The average Bonchev–Trinajstić information content (AvgIpc) is 2.94. The first-order valence-corrected chi connectivity index (χ1v) is 17.4. The van der Waals surface area contributed by atoms with Crippen LogP contribution < -0.4 is 0 Å². The molecule has 0 aliphatic heterocycles. The van der Waals surface area contributed by atoms with Crippen LogP contribution in [0.1, 0.15) is 187 Å². The number of carbonyl (C=O) groups is 1. The van der Waals surface area contributed by atoms with E-state index < -0.39 is 0 Å². The molecular weight excluding hydrogens is 476 g/mol. The van der Waals surface area contributed by atoms with Crippen LogP contribution in [0.25, 0.3) is 0 Å². The lowest BCUT2D eigenvalue weighted by Gasteiger charge is -2.05. The van der Waals surface area contributed by atoms with Gasteiger partial charge in [-0.15, -0.1) is 0 Å². The van der Waals surface area contributed by atoms with Gasteiger partial charge >= 0.3 is 5.97 Å². The first-order valence-electron chi connectivity index (χ1n) is 17.4. The molecule has 0 aromatic carbocycles. The number of unbranched alkanes of at least 4 members (excludes halogenated alkanes) is 23. The van der Waals surface area contributed by atoms with E-state index in [4.69, 9.17) is 4.74 Å². The smallest absolute Gasteiger partial charge is 0.305 e. The lowest BCUT2D eigenvalue weighted by molar-refractivity contribution is -0.143. The minimum Gasteiger partial charge on any atom is -0.466 e. The Morgan fingerprint density at radius 1 is 0.436 bits per heavy atom. The highest BCUT2D eigenvalue weighted by Gasteiger charge is 2.02. The van der Waals surface area contributed by atoms with Crippen LogP contribution in [-0.2, 0) is 9.53 Å². The molecule has 2 heteroatoms. The van der Waals surface area contributed by atoms with E-state index in [1.165, 1.54) is 141 Å². The molecule has 0 fully saturated rings. The van der Waals surface area contributed by atoms with Gasteiger partial charge in [-0.05, 0) is 32.1 Å². The molecule has 0 saturated carbocycles. The predicted molar refractivity (Wildman–Crippen MR) is 174 cm³/mol. The zero-order chi connectivity index (χ0) is 28.3. The van der Waals surface area contributed by atoms with Gasteiger partial charge in [0.05, 0.1) is 6.61 Å². The fourth-order valence-electron chi connectivity index (χ4n) is 4.95. The lowest BCUT2D eigenvalue weighted by atomic mass is 10.0. The average molecular weight is 545 g/mol. The largest absolute Gasteiger partial charge is 0.466 e. The monoisotopic (exact) mass is 545 g/mol. The molecule has 0 heterocycles. The fourth-order valence-corrected chi connectivity index (χ4v) is 4.95. The highest BCUT2D eigenvalue weighted by atomic mass is 16.5. The minimum atomic E-state index is 0.00459. The van der Waals surface area contributed by atoms with Gasteiger partial charge in [-0.25, -0.2) is 0 Å². The van der Waals surface area contributed by atoms with Crippen LogP contribution >= 0.6 is 0 Å². The summed E-state index contributed by atoms with van der Waals surface area (Å²) in [6, 6.07) is 0. The lowest BCUT2D eigenvalue weighted by Crippen LogP contribution is -2.05. The van der Waals surface area contributed by atoms with Gasteiger partial charge < -0.3 is 4.74 Å². The second-order valence-electron chi connectivity index (χ2n) is 11.6. The number of allylic oxidation sites excluding steroid dienone is 6. The van der Waals surface area contributed by atoms with Crippen molar-refractivity contribution in [2.24, 2.45) is 0 Å². The Morgan fingerprint density at radius 2 is 0.821 bits per heavy atom. The van der Waals surface area contributed by atoms with Gasteiger partial charge in [-0.1, -0.05) is 185 Å². The molecule has 228 valence electrons. The molecular formula is C37H68O2. The third-order valence-electron chi connectivity index (χ3n) is 7.59. The van der Waals surface area contributed by atoms with Crippen LogP contribution in [0, 0.1) is 0 Å². The summed E-state index contributed by atoms with van der Waals surface area (Å²) in [5.41, 5.74) is 0. The predicted octanol–water partition coefficient (Wildman–Crippen LogP) is 12.8. The topological polar surface area (TPSA) is 26.3 Å². The summed E-state index contributed by atoms with van der Waals surface area (Å²) in [4.78, 5) is 11.9. The van der Waals surface area contributed by atoms with Crippen LogP contribution in [0.2, 0.25) is 0 Å². The zero-order valence-corrected chi connectivity index (χ0v) is 26.6. The highest BCUT2D eigenvalue weighted by Crippen LogP contribution is 2.14. The fraction of sp³-hybridized carbons (Fsp3) is 0.811. The molecule has 2 nitrogen and oxygen atoms in total. The zero-order valence-electron chi connectivity index (χ0n) is 26.6. The maximum Gasteiger partial charge on any atom is 0.305 e. The molecule has 0 spiro atoms. The van der Waals surface area contributed by atoms with Crippen molar-refractivity contribution in [3.8, 4) is 0 Å². The van der Waals surface area contributed by atoms with Gasteiger partial charge in [0.2, 0.25) is 0 Å². The first-order chi connectivity index (χ1) is 19.3. The molecule has 0 bridgehead atoms.